The predicted octanol–water partition coefficient (Wildman–Crippen LogP) is 3.79. The van der Waals surface area contributed by atoms with E-state index in [0.29, 0.717) is 11.4 Å². The van der Waals surface area contributed by atoms with E-state index in [9.17, 15) is 9.18 Å². The van der Waals surface area contributed by atoms with Gasteiger partial charge in [0.1, 0.15) is 11.9 Å². The summed E-state index contributed by atoms with van der Waals surface area (Å²) in [5, 5.41) is 20.8. The van der Waals surface area contributed by atoms with E-state index in [1.54, 1.807) is 0 Å². The maximum absolute atomic E-state index is 13.0. The highest BCUT2D eigenvalue weighted by Gasteiger charge is 2.09. The molecule has 0 amide bonds. The van der Waals surface area contributed by atoms with Gasteiger partial charge in [-0.1, -0.05) is 11.6 Å². The number of carboxylic acids is 1. The van der Waals surface area contributed by atoms with Crippen molar-refractivity contribution in [3.63, 3.8) is 0 Å². The number of nitrogens with zero attached hydrogens (tertiary/aromatic N) is 1. The molecule has 0 aromatic heterocycles. The molecule has 0 saturated heterocycles. The van der Waals surface area contributed by atoms with Gasteiger partial charge >= 0.3 is 5.97 Å². The van der Waals surface area contributed by atoms with E-state index in [4.69, 9.17) is 22.0 Å². The predicted molar refractivity (Wildman–Crippen MR) is 72.8 cm³/mol. The Kier molecular flexibility index (Phi) is 3.87. The van der Waals surface area contributed by atoms with Gasteiger partial charge in [0.15, 0.2) is 0 Å². The van der Waals surface area contributed by atoms with Crippen molar-refractivity contribution >= 4 is 28.9 Å². The number of benzene rings is 2. The van der Waals surface area contributed by atoms with Gasteiger partial charge in [-0.25, -0.2) is 9.18 Å². The Morgan fingerprint density at radius 1 is 1.25 bits per heavy atom. The number of hydrogen-bond acceptors (Lipinski definition) is 3. The van der Waals surface area contributed by atoms with Gasteiger partial charge in [-0.05, 0) is 36.4 Å². The standard InChI is InChI=1S/C14H8ClFN2O2/c15-11-6-8(14(19)20)1-3-13(11)18-12-4-2-10(16)5-9(12)7-17/h1-6,18H,(H,19,20). The monoisotopic (exact) mass is 290 g/mol. The van der Waals surface area contributed by atoms with E-state index in [1.807, 2.05) is 6.07 Å². The molecule has 20 heavy (non-hydrogen) atoms. The van der Waals surface area contributed by atoms with Crippen LogP contribution in [0.15, 0.2) is 36.4 Å². The second-order valence-corrected chi connectivity index (χ2v) is 4.33. The molecule has 0 fully saturated rings. The van der Waals surface area contributed by atoms with Crippen LogP contribution in [0.3, 0.4) is 0 Å². The third-order valence-corrected chi connectivity index (χ3v) is 2.90. The molecular weight excluding hydrogens is 283 g/mol. The molecule has 4 nitrogen and oxygen atoms in total. The van der Waals surface area contributed by atoms with Crippen LogP contribution >= 0.6 is 11.6 Å². The van der Waals surface area contributed by atoms with Crippen molar-refractivity contribution in [2.75, 3.05) is 5.32 Å². The third-order valence-electron chi connectivity index (χ3n) is 2.59. The zero-order valence-corrected chi connectivity index (χ0v) is 10.8. The molecule has 2 rings (SSSR count). The first-order valence-electron chi connectivity index (χ1n) is 5.51. The summed E-state index contributed by atoms with van der Waals surface area (Å²) >= 11 is 5.97. The quantitative estimate of drug-likeness (QED) is 0.902. The van der Waals surface area contributed by atoms with Gasteiger partial charge in [-0.2, -0.15) is 5.26 Å². The Labute approximate surface area is 119 Å². The lowest BCUT2D eigenvalue weighted by atomic mass is 10.1. The molecule has 0 saturated carbocycles. The van der Waals surface area contributed by atoms with Crippen LogP contribution in [0, 0.1) is 17.1 Å². The summed E-state index contributed by atoms with van der Waals surface area (Å²) in [6, 6.07) is 9.75. The largest absolute Gasteiger partial charge is 0.478 e. The fourth-order valence-electron chi connectivity index (χ4n) is 1.61. The summed E-state index contributed by atoms with van der Waals surface area (Å²) in [7, 11) is 0. The Morgan fingerprint density at radius 2 is 1.95 bits per heavy atom. The molecule has 0 aliphatic carbocycles. The first-order valence-corrected chi connectivity index (χ1v) is 5.88. The van der Waals surface area contributed by atoms with E-state index in [2.05, 4.69) is 5.32 Å². The van der Waals surface area contributed by atoms with Crippen LogP contribution in [0.2, 0.25) is 5.02 Å². The van der Waals surface area contributed by atoms with Crippen molar-refractivity contribution in [1.29, 1.82) is 5.26 Å². The lowest BCUT2D eigenvalue weighted by molar-refractivity contribution is 0.0697. The third kappa shape index (κ3) is 2.87. The Balaban J connectivity index is 2.36. The molecule has 6 heteroatoms. The molecule has 0 aliphatic heterocycles. The minimum absolute atomic E-state index is 0.0557. The molecule has 0 aliphatic rings. The molecule has 2 aromatic carbocycles. The number of nitriles is 1. The van der Waals surface area contributed by atoms with Gasteiger partial charge in [0.2, 0.25) is 0 Å². The molecule has 0 bridgehead atoms. The summed E-state index contributed by atoms with van der Waals surface area (Å²) in [6.45, 7) is 0. The van der Waals surface area contributed by atoms with E-state index < -0.39 is 11.8 Å². The molecule has 2 N–H and O–H groups in total. The summed E-state index contributed by atoms with van der Waals surface area (Å²) in [5.74, 6) is -1.60. The molecule has 0 unspecified atom stereocenters. The highest BCUT2D eigenvalue weighted by atomic mass is 35.5. The second-order valence-electron chi connectivity index (χ2n) is 3.93. The summed E-state index contributed by atoms with van der Waals surface area (Å²) in [6.07, 6.45) is 0. The Bertz CT molecular complexity index is 726. The number of nitrogens with one attached hydrogen (secondary N) is 1. The maximum Gasteiger partial charge on any atom is 0.335 e. The van der Waals surface area contributed by atoms with Crippen molar-refractivity contribution in [3.05, 3.63) is 58.4 Å². The minimum atomic E-state index is -1.09. The lowest BCUT2D eigenvalue weighted by Gasteiger charge is -2.10. The number of carbonyl (C=O) groups is 1. The van der Waals surface area contributed by atoms with Gasteiger partial charge < -0.3 is 10.4 Å². The summed E-state index contributed by atoms with van der Waals surface area (Å²) in [4.78, 5) is 10.8. The van der Waals surface area contributed by atoms with Crippen molar-refractivity contribution in [1.82, 2.24) is 0 Å². The van der Waals surface area contributed by atoms with Crippen LogP contribution in [0.25, 0.3) is 0 Å². The number of aromatic carboxylic acids is 1. The normalized spacial score (nSPS) is 9.85. The molecule has 2 aromatic rings. The van der Waals surface area contributed by atoms with Crippen molar-refractivity contribution in [2.45, 2.75) is 0 Å². The van der Waals surface area contributed by atoms with Crippen molar-refractivity contribution < 1.29 is 14.3 Å². The minimum Gasteiger partial charge on any atom is -0.478 e. The first kappa shape index (κ1) is 13.8. The van der Waals surface area contributed by atoms with Crippen LogP contribution in [-0.4, -0.2) is 11.1 Å². The SMILES string of the molecule is N#Cc1cc(F)ccc1Nc1ccc(C(=O)O)cc1Cl. The van der Waals surface area contributed by atoms with Crippen molar-refractivity contribution in [3.8, 4) is 6.07 Å². The number of rotatable bonds is 3. The molecule has 0 spiro atoms. The topological polar surface area (TPSA) is 73.1 Å². The molecule has 0 heterocycles. The number of halogens is 2. The number of hydrogen-bond donors (Lipinski definition) is 2. The van der Waals surface area contributed by atoms with Gasteiger partial charge in [0.25, 0.3) is 0 Å². The van der Waals surface area contributed by atoms with Crippen LogP contribution < -0.4 is 5.32 Å². The second kappa shape index (κ2) is 5.59. The summed E-state index contributed by atoms with van der Waals surface area (Å²) in [5.41, 5.74) is 1.00. The highest BCUT2D eigenvalue weighted by Crippen LogP contribution is 2.28. The van der Waals surface area contributed by atoms with E-state index in [0.717, 1.165) is 6.07 Å². The molecular formula is C14H8ClFN2O2. The fourth-order valence-corrected chi connectivity index (χ4v) is 1.84. The van der Waals surface area contributed by atoms with Crippen LogP contribution in [0.1, 0.15) is 15.9 Å². The van der Waals surface area contributed by atoms with E-state index in [1.165, 1.54) is 30.3 Å². The van der Waals surface area contributed by atoms with Crippen LogP contribution in [0.5, 0.6) is 0 Å². The molecule has 100 valence electrons. The van der Waals surface area contributed by atoms with E-state index >= 15 is 0 Å². The van der Waals surface area contributed by atoms with Crippen molar-refractivity contribution in [2.24, 2.45) is 0 Å². The van der Waals surface area contributed by atoms with Gasteiger partial charge in [-0.15, -0.1) is 0 Å². The highest BCUT2D eigenvalue weighted by molar-refractivity contribution is 6.33. The number of anilines is 2. The first-order chi connectivity index (χ1) is 9.51. The Hall–Kier alpha value is -2.58. The van der Waals surface area contributed by atoms with Crippen LogP contribution in [-0.2, 0) is 0 Å². The fraction of sp³-hybridized carbons (Fsp3) is 0. The van der Waals surface area contributed by atoms with Gasteiger partial charge in [0, 0.05) is 0 Å². The molecule has 0 atom stereocenters. The average Bonchev–Trinajstić information content (AvgIpc) is 2.42. The summed E-state index contributed by atoms with van der Waals surface area (Å²) < 4.78 is 13.0. The smallest absolute Gasteiger partial charge is 0.335 e. The zero-order chi connectivity index (χ0) is 14.7. The number of carboxylic acid groups (broad SMARTS) is 1. The average molecular weight is 291 g/mol. The zero-order valence-electron chi connectivity index (χ0n) is 10.0. The Morgan fingerprint density at radius 3 is 2.55 bits per heavy atom. The lowest BCUT2D eigenvalue weighted by Crippen LogP contribution is -1.99. The van der Waals surface area contributed by atoms with Crippen LogP contribution in [0.4, 0.5) is 15.8 Å². The van der Waals surface area contributed by atoms with Gasteiger partial charge in [0.05, 0.1) is 27.5 Å². The maximum atomic E-state index is 13.0. The van der Waals surface area contributed by atoms with Gasteiger partial charge in [-0.3, -0.25) is 0 Å². The van der Waals surface area contributed by atoms with E-state index in [-0.39, 0.29) is 16.1 Å². The molecule has 0 radical (unpaired) electrons.